The van der Waals surface area contributed by atoms with Crippen LogP contribution >= 0.6 is 0 Å². The molecule has 29 heavy (non-hydrogen) atoms. The first-order chi connectivity index (χ1) is 14.0. The fourth-order valence-electron chi connectivity index (χ4n) is 3.24. The molecular formula is C21H20F2N4O2. The molecule has 2 aromatic carbocycles. The molecule has 3 aromatic rings. The largest absolute Gasteiger partial charge is 0.338 e. The van der Waals surface area contributed by atoms with E-state index in [0.29, 0.717) is 61.1 Å². The van der Waals surface area contributed by atoms with Crippen LogP contribution < -0.4 is 0 Å². The number of carbonyl (C=O) groups excluding carboxylic acids is 1. The van der Waals surface area contributed by atoms with Crippen LogP contribution in [0.2, 0.25) is 0 Å². The molecule has 1 saturated heterocycles. The number of aryl methyl sites for hydroxylation is 1. The second kappa shape index (κ2) is 8.08. The fourth-order valence-corrected chi connectivity index (χ4v) is 3.24. The smallest absolute Gasteiger partial charge is 0.254 e. The van der Waals surface area contributed by atoms with Gasteiger partial charge in [0, 0.05) is 37.3 Å². The number of aromatic nitrogens is 2. The van der Waals surface area contributed by atoms with Gasteiger partial charge in [-0.3, -0.25) is 9.69 Å². The van der Waals surface area contributed by atoms with Crippen LogP contribution in [-0.2, 0) is 6.54 Å². The topological polar surface area (TPSA) is 62.5 Å². The lowest BCUT2D eigenvalue weighted by Crippen LogP contribution is -2.48. The van der Waals surface area contributed by atoms with Crippen LogP contribution in [0.25, 0.3) is 11.4 Å². The number of halogens is 2. The third-order valence-corrected chi connectivity index (χ3v) is 5.01. The van der Waals surface area contributed by atoms with E-state index in [0.717, 1.165) is 0 Å². The van der Waals surface area contributed by atoms with Gasteiger partial charge in [0.25, 0.3) is 5.91 Å². The quantitative estimate of drug-likeness (QED) is 0.675. The number of amides is 1. The van der Waals surface area contributed by atoms with Crippen LogP contribution in [0.4, 0.5) is 8.78 Å². The molecule has 1 amide bonds. The van der Waals surface area contributed by atoms with Gasteiger partial charge in [-0.2, -0.15) is 4.98 Å². The zero-order chi connectivity index (χ0) is 20.4. The third-order valence-electron chi connectivity index (χ3n) is 5.01. The fraction of sp³-hybridized carbons (Fsp3) is 0.286. The van der Waals surface area contributed by atoms with Gasteiger partial charge in [-0.15, -0.1) is 0 Å². The Hall–Kier alpha value is -3.13. The highest BCUT2D eigenvalue weighted by atomic mass is 19.1. The van der Waals surface area contributed by atoms with Gasteiger partial charge in [-0.1, -0.05) is 11.2 Å². The Kier molecular flexibility index (Phi) is 5.35. The summed E-state index contributed by atoms with van der Waals surface area (Å²) in [4.78, 5) is 20.8. The number of nitrogens with zero attached hydrogens (tertiary/aromatic N) is 4. The number of hydrogen-bond donors (Lipinski definition) is 0. The van der Waals surface area contributed by atoms with Gasteiger partial charge in [0.2, 0.25) is 11.7 Å². The zero-order valence-corrected chi connectivity index (χ0v) is 15.9. The van der Waals surface area contributed by atoms with Crippen molar-refractivity contribution in [3.8, 4) is 11.4 Å². The summed E-state index contributed by atoms with van der Waals surface area (Å²) in [6, 6.07) is 10.5. The van der Waals surface area contributed by atoms with Gasteiger partial charge < -0.3 is 9.42 Å². The molecule has 1 fully saturated rings. The summed E-state index contributed by atoms with van der Waals surface area (Å²) in [6.07, 6.45) is 0. The lowest BCUT2D eigenvalue weighted by atomic mass is 10.1. The van der Waals surface area contributed by atoms with E-state index in [9.17, 15) is 13.6 Å². The molecule has 0 N–H and O–H groups in total. The predicted molar refractivity (Wildman–Crippen MR) is 102 cm³/mol. The Morgan fingerprint density at radius 2 is 1.79 bits per heavy atom. The molecule has 1 aliphatic heterocycles. The summed E-state index contributed by atoms with van der Waals surface area (Å²) < 4.78 is 32.1. The highest BCUT2D eigenvalue weighted by Crippen LogP contribution is 2.18. The summed E-state index contributed by atoms with van der Waals surface area (Å²) in [7, 11) is 0. The normalized spacial score (nSPS) is 14.9. The summed E-state index contributed by atoms with van der Waals surface area (Å²) in [5.41, 5.74) is 1.57. The minimum Gasteiger partial charge on any atom is -0.338 e. The maximum Gasteiger partial charge on any atom is 0.254 e. The Bertz CT molecular complexity index is 1010. The predicted octanol–water partition coefficient (Wildman–Crippen LogP) is 3.28. The Balaban J connectivity index is 1.33. The lowest BCUT2D eigenvalue weighted by Gasteiger charge is -2.34. The van der Waals surface area contributed by atoms with Gasteiger partial charge in [0.1, 0.15) is 11.6 Å². The molecule has 0 atom stereocenters. The molecule has 0 bridgehead atoms. The van der Waals surface area contributed by atoms with Crippen molar-refractivity contribution >= 4 is 5.91 Å². The molecule has 1 aromatic heterocycles. The highest BCUT2D eigenvalue weighted by Gasteiger charge is 2.24. The van der Waals surface area contributed by atoms with E-state index in [4.69, 9.17) is 4.52 Å². The maximum atomic E-state index is 13.7. The van der Waals surface area contributed by atoms with E-state index in [2.05, 4.69) is 15.0 Å². The van der Waals surface area contributed by atoms with Gasteiger partial charge in [-0.05, 0) is 48.9 Å². The Morgan fingerprint density at radius 3 is 2.48 bits per heavy atom. The van der Waals surface area contributed by atoms with E-state index in [1.54, 1.807) is 36.1 Å². The van der Waals surface area contributed by atoms with E-state index in [1.165, 1.54) is 18.2 Å². The van der Waals surface area contributed by atoms with Gasteiger partial charge in [0.15, 0.2) is 0 Å². The molecule has 1 aliphatic rings. The second-order valence-electron chi connectivity index (χ2n) is 7.05. The molecule has 2 heterocycles. The van der Waals surface area contributed by atoms with E-state index >= 15 is 0 Å². The Labute approximate surface area is 166 Å². The standard InChI is InChI=1S/C21H20F2N4O2/c1-14-2-3-16(12-18(14)23)21(28)27-10-8-26(9-11-27)13-19-24-20(25-29-19)15-4-6-17(22)7-5-15/h2-7,12H,8-11,13H2,1H3. The van der Waals surface area contributed by atoms with Crippen molar-refractivity contribution < 1.29 is 18.1 Å². The van der Waals surface area contributed by atoms with Crippen molar-refractivity contribution in [3.63, 3.8) is 0 Å². The number of piperazine rings is 1. The summed E-state index contributed by atoms with van der Waals surface area (Å²) in [5, 5.41) is 3.94. The number of rotatable bonds is 4. The average molecular weight is 398 g/mol. The molecule has 8 heteroatoms. The van der Waals surface area contributed by atoms with Crippen LogP contribution in [0.5, 0.6) is 0 Å². The van der Waals surface area contributed by atoms with Crippen LogP contribution in [0.3, 0.4) is 0 Å². The van der Waals surface area contributed by atoms with Crippen LogP contribution in [-0.4, -0.2) is 52.0 Å². The molecule has 6 nitrogen and oxygen atoms in total. The van der Waals surface area contributed by atoms with Crippen LogP contribution in [0.15, 0.2) is 47.0 Å². The first-order valence-corrected chi connectivity index (χ1v) is 9.36. The molecule has 0 saturated carbocycles. The highest BCUT2D eigenvalue weighted by molar-refractivity contribution is 5.94. The van der Waals surface area contributed by atoms with E-state index < -0.39 is 0 Å². The van der Waals surface area contributed by atoms with Crippen molar-refractivity contribution in [1.29, 1.82) is 0 Å². The lowest BCUT2D eigenvalue weighted by molar-refractivity contribution is 0.0614. The van der Waals surface area contributed by atoms with Crippen molar-refractivity contribution in [1.82, 2.24) is 19.9 Å². The minimum atomic E-state index is -0.372. The van der Waals surface area contributed by atoms with Gasteiger partial charge in [0.05, 0.1) is 6.54 Å². The summed E-state index contributed by atoms with van der Waals surface area (Å²) >= 11 is 0. The Morgan fingerprint density at radius 1 is 1.07 bits per heavy atom. The molecule has 0 unspecified atom stereocenters. The van der Waals surface area contributed by atoms with Crippen LogP contribution in [0.1, 0.15) is 21.8 Å². The van der Waals surface area contributed by atoms with Gasteiger partial charge in [-0.25, -0.2) is 8.78 Å². The van der Waals surface area contributed by atoms with Crippen molar-refractivity contribution in [2.75, 3.05) is 26.2 Å². The number of benzene rings is 2. The minimum absolute atomic E-state index is 0.167. The van der Waals surface area contributed by atoms with E-state index in [-0.39, 0.29) is 17.5 Å². The monoisotopic (exact) mass is 398 g/mol. The van der Waals surface area contributed by atoms with Gasteiger partial charge >= 0.3 is 0 Å². The van der Waals surface area contributed by atoms with Crippen molar-refractivity contribution in [2.24, 2.45) is 0 Å². The van der Waals surface area contributed by atoms with Crippen LogP contribution in [0, 0.1) is 18.6 Å². The molecule has 150 valence electrons. The molecule has 0 aliphatic carbocycles. The SMILES string of the molecule is Cc1ccc(C(=O)N2CCN(Cc3nc(-c4ccc(F)cc4)no3)CC2)cc1F. The summed E-state index contributed by atoms with van der Waals surface area (Å²) in [6.45, 7) is 4.50. The second-order valence-corrected chi connectivity index (χ2v) is 7.05. The molecule has 0 radical (unpaired) electrons. The first-order valence-electron chi connectivity index (χ1n) is 9.36. The molecular weight excluding hydrogens is 378 g/mol. The first kappa shape index (κ1) is 19.2. The number of hydrogen-bond acceptors (Lipinski definition) is 5. The van der Waals surface area contributed by atoms with Crippen molar-refractivity contribution in [3.05, 3.63) is 71.1 Å². The maximum absolute atomic E-state index is 13.7. The van der Waals surface area contributed by atoms with Crippen molar-refractivity contribution in [2.45, 2.75) is 13.5 Å². The zero-order valence-electron chi connectivity index (χ0n) is 15.9. The summed E-state index contributed by atoms with van der Waals surface area (Å²) in [5.74, 6) is 0.0148. The average Bonchev–Trinajstić information content (AvgIpc) is 3.19. The molecule has 0 spiro atoms. The molecule has 4 rings (SSSR count). The van der Waals surface area contributed by atoms with E-state index in [1.807, 2.05) is 0 Å². The number of carbonyl (C=O) groups is 1. The third kappa shape index (κ3) is 4.32.